The van der Waals surface area contributed by atoms with Crippen molar-refractivity contribution in [2.75, 3.05) is 37.6 Å². The van der Waals surface area contributed by atoms with Gasteiger partial charge in [0.2, 0.25) is 11.9 Å². The Morgan fingerprint density at radius 3 is 2.65 bits per heavy atom. The molecule has 0 aromatic heterocycles. The van der Waals surface area contributed by atoms with Crippen molar-refractivity contribution in [3.05, 3.63) is 29.6 Å². The number of nitrogens with two attached hydrogens (primary N) is 1. The van der Waals surface area contributed by atoms with Crippen LogP contribution in [0.2, 0.25) is 0 Å². The summed E-state index contributed by atoms with van der Waals surface area (Å²) in [5, 5.41) is 15.4. The maximum absolute atomic E-state index is 14.9. The van der Waals surface area contributed by atoms with Gasteiger partial charge in [-0.3, -0.25) is 4.79 Å². The second kappa shape index (κ2) is 12.0. The first-order chi connectivity index (χ1) is 16.0. The van der Waals surface area contributed by atoms with E-state index >= 15 is 0 Å². The van der Waals surface area contributed by atoms with Gasteiger partial charge in [-0.05, 0) is 37.8 Å². The summed E-state index contributed by atoms with van der Waals surface area (Å²) < 4.78 is 14.9. The number of nitrogens with zero attached hydrogens (tertiary/aromatic N) is 5. The van der Waals surface area contributed by atoms with Gasteiger partial charge in [0.25, 0.3) is 0 Å². The van der Waals surface area contributed by atoms with E-state index in [9.17, 15) is 9.18 Å². The van der Waals surface area contributed by atoms with E-state index in [0.717, 1.165) is 18.6 Å². The van der Waals surface area contributed by atoms with Gasteiger partial charge in [0.05, 0.1) is 17.9 Å². The zero-order valence-corrected chi connectivity index (χ0v) is 20.3. The van der Waals surface area contributed by atoms with Crippen molar-refractivity contribution in [2.24, 2.45) is 21.1 Å². The summed E-state index contributed by atoms with van der Waals surface area (Å²) in [5.41, 5.74) is 9.21. The van der Waals surface area contributed by atoms with Crippen molar-refractivity contribution >= 4 is 41.4 Å². The highest BCUT2D eigenvalue weighted by atomic mass is 35.5. The van der Waals surface area contributed by atoms with Crippen LogP contribution in [0.5, 0.6) is 0 Å². The molecule has 2 fully saturated rings. The molecule has 1 unspecified atom stereocenters. The molecule has 0 spiro atoms. The zero-order valence-electron chi connectivity index (χ0n) is 19.5. The molecule has 1 saturated heterocycles. The summed E-state index contributed by atoms with van der Waals surface area (Å²) in [6.45, 7) is 4.45. The lowest BCUT2D eigenvalue weighted by atomic mass is 9.99. The van der Waals surface area contributed by atoms with Gasteiger partial charge in [0.1, 0.15) is 11.9 Å². The van der Waals surface area contributed by atoms with E-state index in [2.05, 4.69) is 20.7 Å². The van der Waals surface area contributed by atoms with Gasteiger partial charge in [-0.15, -0.1) is 17.5 Å². The van der Waals surface area contributed by atoms with Crippen molar-refractivity contribution in [2.45, 2.75) is 51.6 Å². The number of hydrogen-bond donors (Lipinski definition) is 2. The number of nitrogens with one attached hydrogen (secondary N) is 1. The summed E-state index contributed by atoms with van der Waals surface area (Å²) in [5.74, 6) is 0.0176. The van der Waals surface area contributed by atoms with E-state index in [1.165, 1.54) is 32.3 Å². The summed E-state index contributed by atoms with van der Waals surface area (Å²) in [7, 11) is 0. The second-order valence-electron chi connectivity index (χ2n) is 8.73. The molecule has 1 aromatic carbocycles. The maximum Gasteiger partial charge on any atom is 0.217 e. The van der Waals surface area contributed by atoms with Crippen LogP contribution >= 0.6 is 12.4 Å². The molecule has 0 radical (unpaired) electrons. The van der Waals surface area contributed by atoms with Crippen LogP contribution in [-0.4, -0.2) is 67.0 Å². The number of piperazine rings is 1. The lowest BCUT2D eigenvalue weighted by molar-refractivity contribution is -0.119. The average molecular weight is 494 g/mol. The Labute approximate surface area is 205 Å². The van der Waals surface area contributed by atoms with E-state index in [0.29, 0.717) is 62.1 Å². The lowest BCUT2D eigenvalue weighted by Crippen LogP contribution is -2.51. The first-order valence-electron chi connectivity index (χ1n) is 11.7. The molecule has 0 bridgehead atoms. The summed E-state index contributed by atoms with van der Waals surface area (Å²) in [6.07, 6.45) is 5.93. The molecule has 4 rings (SSSR count). The van der Waals surface area contributed by atoms with E-state index in [4.69, 9.17) is 10.6 Å². The van der Waals surface area contributed by atoms with Crippen LogP contribution in [0.1, 0.15) is 51.0 Å². The fourth-order valence-electron chi connectivity index (χ4n) is 4.33. The van der Waals surface area contributed by atoms with Gasteiger partial charge >= 0.3 is 0 Å². The molecule has 1 atom stereocenters. The van der Waals surface area contributed by atoms with Crippen LogP contribution in [0.3, 0.4) is 0 Å². The molecule has 1 amide bonds. The number of anilines is 1. The van der Waals surface area contributed by atoms with E-state index in [-0.39, 0.29) is 30.2 Å². The highest BCUT2D eigenvalue weighted by Gasteiger charge is 2.25. The average Bonchev–Trinajstić information content (AvgIpc) is 3.31. The molecule has 2 aliphatic heterocycles. The number of benzene rings is 1. The second-order valence-corrected chi connectivity index (χ2v) is 8.73. The van der Waals surface area contributed by atoms with Crippen LogP contribution < -0.4 is 16.0 Å². The molecule has 3 N–H and O–H groups in total. The Kier molecular flexibility index (Phi) is 9.09. The van der Waals surface area contributed by atoms with Crippen molar-refractivity contribution < 1.29 is 14.0 Å². The van der Waals surface area contributed by atoms with E-state index < -0.39 is 0 Å². The molecular formula is C23H33ClFN7O2. The molecular weight excluding hydrogens is 461 g/mol. The van der Waals surface area contributed by atoms with Crippen LogP contribution in [-0.2, 0) is 9.63 Å². The quantitative estimate of drug-likeness (QED) is 0.372. The van der Waals surface area contributed by atoms with Crippen molar-refractivity contribution in [3.8, 4) is 0 Å². The molecule has 9 nitrogen and oxygen atoms in total. The Balaban J connectivity index is 0.00000324. The number of guanidine groups is 1. The Morgan fingerprint density at radius 1 is 1.24 bits per heavy atom. The number of carbonyl (C=O) groups excluding carboxylic acids is 1. The van der Waals surface area contributed by atoms with E-state index in [1.54, 1.807) is 6.07 Å². The third-order valence-electron chi connectivity index (χ3n) is 6.26. The number of amides is 1. The van der Waals surface area contributed by atoms with Crippen LogP contribution in [0.25, 0.3) is 0 Å². The molecule has 1 aromatic rings. The smallest absolute Gasteiger partial charge is 0.217 e. The summed E-state index contributed by atoms with van der Waals surface area (Å²) in [6, 6.07) is 5.15. The number of rotatable bonds is 5. The number of oxime groups is 1. The summed E-state index contributed by atoms with van der Waals surface area (Å²) in [4.78, 5) is 20.4. The largest absolute Gasteiger partial charge is 0.390 e. The van der Waals surface area contributed by atoms with Gasteiger partial charge in [0, 0.05) is 50.8 Å². The van der Waals surface area contributed by atoms with Crippen molar-refractivity contribution in [3.63, 3.8) is 0 Å². The fourth-order valence-corrected chi connectivity index (χ4v) is 4.33. The molecule has 1 saturated carbocycles. The predicted octanol–water partition coefficient (Wildman–Crippen LogP) is 2.63. The van der Waals surface area contributed by atoms with Crippen LogP contribution in [0.15, 0.2) is 33.6 Å². The third kappa shape index (κ3) is 6.59. The first-order valence-corrected chi connectivity index (χ1v) is 11.7. The Morgan fingerprint density at radius 2 is 1.97 bits per heavy atom. The van der Waals surface area contributed by atoms with Gasteiger partial charge in [0.15, 0.2) is 0 Å². The lowest BCUT2D eigenvalue weighted by Gasteiger charge is -2.36. The molecule has 186 valence electrons. The number of hydrogen-bond acceptors (Lipinski definition) is 6. The number of halogens is 2. The van der Waals surface area contributed by atoms with Gasteiger partial charge < -0.3 is 25.7 Å². The third-order valence-corrected chi connectivity index (χ3v) is 6.26. The molecule has 1 aliphatic carbocycles. The normalized spacial score (nSPS) is 20.9. The minimum absolute atomic E-state index is 0. The van der Waals surface area contributed by atoms with E-state index in [1.807, 2.05) is 15.9 Å². The van der Waals surface area contributed by atoms with Gasteiger partial charge in [-0.2, -0.15) is 5.10 Å². The zero-order chi connectivity index (χ0) is 23.2. The molecule has 34 heavy (non-hydrogen) atoms. The Hall–Kier alpha value is -2.88. The minimum atomic E-state index is -0.292. The molecule has 11 heteroatoms. The number of carbonyl (C=O) groups is 1. The highest BCUT2D eigenvalue weighted by Crippen LogP contribution is 2.25. The van der Waals surface area contributed by atoms with Crippen molar-refractivity contribution in [1.82, 2.24) is 10.2 Å². The van der Waals surface area contributed by atoms with Crippen molar-refractivity contribution in [1.29, 1.82) is 0 Å². The van der Waals surface area contributed by atoms with Gasteiger partial charge in [-0.1, -0.05) is 17.6 Å². The topological polar surface area (TPSA) is 108 Å². The SMILES string of the molecule is CC(=O)NCC1CC(c2ccc(N3CCN(/C(N)=N/N=C4CCCCC4)CC3)c(F)c2)=NO1.Cl. The van der Waals surface area contributed by atoms with Crippen LogP contribution in [0.4, 0.5) is 10.1 Å². The fraction of sp³-hybridized carbons (Fsp3) is 0.565. The first kappa shape index (κ1) is 25.7. The monoisotopic (exact) mass is 493 g/mol. The highest BCUT2D eigenvalue weighted by molar-refractivity contribution is 6.01. The predicted molar refractivity (Wildman–Crippen MR) is 134 cm³/mol. The maximum atomic E-state index is 14.9. The van der Waals surface area contributed by atoms with Crippen LogP contribution in [0, 0.1) is 5.82 Å². The molecule has 3 aliphatic rings. The molecule has 2 heterocycles. The summed E-state index contributed by atoms with van der Waals surface area (Å²) >= 11 is 0. The van der Waals surface area contributed by atoms with Gasteiger partial charge in [-0.25, -0.2) is 4.39 Å². The minimum Gasteiger partial charge on any atom is -0.390 e. The standard InChI is InChI=1S/C23H32FN7O2.ClH/c1-16(32)26-15-19-14-21(29-33-19)17-7-8-22(20(24)13-17)30-9-11-31(12-10-30)23(25)28-27-18-5-3-2-4-6-18;/h7-8,13,19H,2-6,9-12,14-15H2,1H3,(H2,25,28)(H,26,32);1H. The Bertz CT molecular complexity index is 953.